The number of amides is 1. The fraction of sp³-hybridized carbons (Fsp3) is 0.810. The number of hydrogen-bond donors (Lipinski definition) is 2. The predicted molar refractivity (Wildman–Crippen MR) is 107 cm³/mol. The van der Waals surface area contributed by atoms with Gasteiger partial charge in [0.25, 0.3) is 5.91 Å². The second kappa shape index (κ2) is 13.8. The highest BCUT2D eigenvalue weighted by atomic mass is 16.3. The van der Waals surface area contributed by atoms with Crippen molar-refractivity contribution in [1.29, 1.82) is 0 Å². The molecule has 1 heterocycles. The van der Waals surface area contributed by atoms with Crippen LogP contribution in [-0.4, -0.2) is 17.4 Å². The quantitative estimate of drug-likeness (QED) is 0.409. The molecule has 0 saturated carbocycles. The predicted octanol–water partition coefficient (Wildman–Crippen LogP) is 5.37. The van der Waals surface area contributed by atoms with Gasteiger partial charge in [0.1, 0.15) is 6.26 Å². The largest absolute Gasteiger partial charge is 0.446 e. The van der Waals surface area contributed by atoms with E-state index in [4.69, 9.17) is 10.2 Å². The molecule has 0 bridgehead atoms. The van der Waals surface area contributed by atoms with Crippen molar-refractivity contribution in [3.63, 3.8) is 0 Å². The maximum absolute atomic E-state index is 12.1. The Morgan fingerprint density at radius 2 is 1.65 bits per heavy atom. The Balaban J connectivity index is 2.07. The van der Waals surface area contributed by atoms with Crippen LogP contribution in [-0.2, 0) is 0 Å². The van der Waals surface area contributed by atoms with E-state index in [2.05, 4.69) is 31.1 Å². The van der Waals surface area contributed by atoms with Crippen LogP contribution in [0.5, 0.6) is 0 Å². The molecule has 0 saturated heterocycles. The first kappa shape index (κ1) is 22.7. The summed E-state index contributed by atoms with van der Waals surface area (Å²) in [5, 5.41) is 2.91. The molecule has 1 aromatic rings. The number of aromatic nitrogens is 1. The number of unbranched alkanes of at least 4 members (excludes halogenated alkanes) is 9. The highest BCUT2D eigenvalue weighted by Crippen LogP contribution is 2.18. The second-order valence-corrected chi connectivity index (χ2v) is 7.74. The van der Waals surface area contributed by atoms with E-state index in [0.29, 0.717) is 24.0 Å². The lowest BCUT2D eigenvalue weighted by Crippen LogP contribution is -2.25. The molecule has 1 aromatic heterocycles. The van der Waals surface area contributed by atoms with Crippen LogP contribution in [0.25, 0.3) is 0 Å². The first-order valence-corrected chi connectivity index (χ1v) is 10.5. The zero-order valence-corrected chi connectivity index (χ0v) is 17.1. The minimum atomic E-state index is -0.251. The number of rotatable bonds is 15. The van der Waals surface area contributed by atoms with Gasteiger partial charge in [-0.3, -0.25) is 4.79 Å². The average Bonchev–Trinajstić information content (AvgIpc) is 3.09. The highest BCUT2D eigenvalue weighted by Gasteiger charge is 2.17. The topological polar surface area (TPSA) is 81.2 Å². The van der Waals surface area contributed by atoms with Crippen LogP contribution in [0.1, 0.15) is 114 Å². The van der Waals surface area contributed by atoms with Crippen molar-refractivity contribution in [3.8, 4) is 0 Å². The lowest BCUT2D eigenvalue weighted by molar-refractivity contribution is 0.0948. The zero-order valence-electron chi connectivity index (χ0n) is 17.1. The summed E-state index contributed by atoms with van der Waals surface area (Å²) in [5.41, 5.74) is 6.36. The third-order valence-electron chi connectivity index (χ3n) is 4.61. The monoisotopic (exact) mass is 365 g/mol. The second-order valence-electron chi connectivity index (χ2n) is 7.74. The summed E-state index contributed by atoms with van der Waals surface area (Å²) in [6.07, 6.45) is 15.1. The van der Waals surface area contributed by atoms with Crippen molar-refractivity contribution in [2.24, 2.45) is 11.7 Å². The maximum atomic E-state index is 12.1. The van der Waals surface area contributed by atoms with Gasteiger partial charge in [-0.05, 0) is 18.8 Å². The molecule has 0 aliphatic carbocycles. The minimum Gasteiger partial charge on any atom is -0.446 e. The van der Waals surface area contributed by atoms with Crippen LogP contribution >= 0.6 is 0 Å². The molecule has 1 rings (SSSR count). The van der Waals surface area contributed by atoms with E-state index in [1.807, 2.05) is 0 Å². The van der Waals surface area contributed by atoms with E-state index in [1.165, 1.54) is 64.1 Å². The number of nitrogens with one attached hydrogen (secondary N) is 1. The fourth-order valence-corrected chi connectivity index (χ4v) is 3.08. The molecule has 26 heavy (non-hydrogen) atoms. The number of hydrogen-bond acceptors (Lipinski definition) is 4. The summed E-state index contributed by atoms with van der Waals surface area (Å²) in [7, 11) is 0. The smallest absolute Gasteiger partial charge is 0.273 e. The number of oxazole rings is 1. The van der Waals surface area contributed by atoms with Crippen molar-refractivity contribution in [1.82, 2.24) is 10.3 Å². The zero-order chi connectivity index (χ0) is 19.2. The summed E-state index contributed by atoms with van der Waals surface area (Å²) >= 11 is 0. The third kappa shape index (κ3) is 9.95. The van der Waals surface area contributed by atoms with Gasteiger partial charge in [0.15, 0.2) is 5.69 Å². The maximum Gasteiger partial charge on any atom is 0.273 e. The van der Waals surface area contributed by atoms with Gasteiger partial charge < -0.3 is 15.5 Å². The molecular weight excluding hydrogens is 326 g/mol. The van der Waals surface area contributed by atoms with Crippen LogP contribution in [0.3, 0.4) is 0 Å². The van der Waals surface area contributed by atoms with E-state index in [9.17, 15) is 4.79 Å². The molecule has 5 heteroatoms. The number of nitrogens with two attached hydrogens (primary N) is 1. The Morgan fingerprint density at radius 3 is 2.23 bits per heavy atom. The Hall–Kier alpha value is -1.36. The average molecular weight is 366 g/mol. The van der Waals surface area contributed by atoms with Crippen LogP contribution in [0.2, 0.25) is 0 Å². The van der Waals surface area contributed by atoms with Gasteiger partial charge in [-0.25, -0.2) is 4.98 Å². The summed E-state index contributed by atoms with van der Waals surface area (Å²) in [6.45, 7) is 7.14. The molecule has 0 spiro atoms. The van der Waals surface area contributed by atoms with Gasteiger partial charge in [0, 0.05) is 6.54 Å². The van der Waals surface area contributed by atoms with Crippen molar-refractivity contribution >= 4 is 5.91 Å². The molecule has 0 aliphatic rings. The Morgan fingerprint density at radius 1 is 1.08 bits per heavy atom. The van der Waals surface area contributed by atoms with Gasteiger partial charge in [0.2, 0.25) is 5.89 Å². The molecule has 0 radical (unpaired) electrons. The summed E-state index contributed by atoms with van der Waals surface area (Å²) in [4.78, 5) is 16.3. The van der Waals surface area contributed by atoms with E-state index in [1.54, 1.807) is 0 Å². The van der Waals surface area contributed by atoms with Crippen LogP contribution in [0.4, 0.5) is 0 Å². The lowest BCUT2D eigenvalue weighted by atomic mass is 10.0. The Bertz CT molecular complexity index is 485. The molecule has 150 valence electrons. The van der Waals surface area contributed by atoms with Crippen LogP contribution in [0.15, 0.2) is 10.7 Å². The van der Waals surface area contributed by atoms with E-state index >= 15 is 0 Å². The van der Waals surface area contributed by atoms with Gasteiger partial charge in [-0.15, -0.1) is 0 Å². The van der Waals surface area contributed by atoms with Crippen molar-refractivity contribution in [3.05, 3.63) is 17.8 Å². The van der Waals surface area contributed by atoms with Gasteiger partial charge in [0.05, 0.1) is 6.04 Å². The Labute approximate surface area is 159 Å². The SMILES string of the molecule is CCCCCCCCCCCCNC(=O)c1coc(C(N)CC(C)C)n1. The van der Waals surface area contributed by atoms with Gasteiger partial charge >= 0.3 is 0 Å². The van der Waals surface area contributed by atoms with Crippen LogP contribution < -0.4 is 11.1 Å². The van der Waals surface area contributed by atoms with Crippen molar-refractivity contribution < 1.29 is 9.21 Å². The van der Waals surface area contributed by atoms with E-state index < -0.39 is 0 Å². The van der Waals surface area contributed by atoms with Crippen molar-refractivity contribution in [2.45, 2.75) is 97.4 Å². The summed E-state index contributed by atoms with van der Waals surface area (Å²) in [6, 6.07) is -0.251. The molecule has 1 unspecified atom stereocenters. The normalized spacial score (nSPS) is 12.5. The van der Waals surface area contributed by atoms with Crippen molar-refractivity contribution in [2.75, 3.05) is 6.54 Å². The molecule has 0 fully saturated rings. The van der Waals surface area contributed by atoms with E-state index in [-0.39, 0.29) is 11.9 Å². The van der Waals surface area contributed by atoms with E-state index in [0.717, 1.165) is 12.8 Å². The molecular formula is C21H39N3O2. The molecule has 1 atom stereocenters. The Kier molecular flexibility index (Phi) is 12.0. The molecule has 1 amide bonds. The van der Waals surface area contributed by atoms with Gasteiger partial charge in [-0.1, -0.05) is 78.6 Å². The fourth-order valence-electron chi connectivity index (χ4n) is 3.08. The number of carbonyl (C=O) groups is 1. The molecule has 5 nitrogen and oxygen atoms in total. The standard InChI is InChI=1S/C21H39N3O2/c1-4-5-6-7-8-9-10-11-12-13-14-23-20(25)19-16-26-21(24-19)18(22)15-17(2)3/h16-18H,4-15,22H2,1-3H3,(H,23,25). The third-order valence-corrected chi connectivity index (χ3v) is 4.61. The number of nitrogens with zero attached hydrogens (tertiary/aromatic N) is 1. The first-order chi connectivity index (χ1) is 12.5. The molecule has 0 aliphatic heterocycles. The molecule has 0 aromatic carbocycles. The summed E-state index contributed by atoms with van der Waals surface area (Å²) in [5.74, 6) is 0.737. The lowest BCUT2D eigenvalue weighted by Gasteiger charge is -2.09. The number of carbonyl (C=O) groups excluding carboxylic acids is 1. The first-order valence-electron chi connectivity index (χ1n) is 10.5. The molecule has 3 N–H and O–H groups in total. The minimum absolute atomic E-state index is 0.173. The summed E-state index contributed by atoms with van der Waals surface area (Å²) < 4.78 is 5.36. The van der Waals surface area contributed by atoms with Gasteiger partial charge in [-0.2, -0.15) is 0 Å². The highest BCUT2D eigenvalue weighted by molar-refractivity contribution is 5.91. The van der Waals surface area contributed by atoms with Crippen LogP contribution in [0, 0.1) is 5.92 Å².